The lowest BCUT2D eigenvalue weighted by Crippen LogP contribution is -2.46. The van der Waals surface area contributed by atoms with Crippen molar-refractivity contribution in [2.45, 2.75) is 17.9 Å². The topological polar surface area (TPSA) is 72.6 Å². The van der Waals surface area contributed by atoms with Gasteiger partial charge in [-0.3, -0.25) is 14.5 Å². The predicted molar refractivity (Wildman–Crippen MR) is 74.1 cm³/mol. The van der Waals surface area contributed by atoms with Crippen molar-refractivity contribution < 1.29 is 14.3 Å². The third-order valence-electron chi connectivity index (χ3n) is 2.75. The summed E-state index contributed by atoms with van der Waals surface area (Å²) in [6.07, 6.45) is 0. The molecule has 0 saturated carbocycles. The normalized spacial score (nSPS) is 18.7. The van der Waals surface area contributed by atoms with Crippen LogP contribution in [0.15, 0.2) is 29.2 Å². The molecule has 1 aromatic carbocycles. The van der Waals surface area contributed by atoms with Gasteiger partial charge in [-0.25, -0.2) is 0 Å². The van der Waals surface area contributed by atoms with Gasteiger partial charge in [-0.2, -0.15) is 0 Å². The highest BCUT2D eigenvalue weighted by Crippen LogP contribution is 2.33. The van der Waals surface area contributed by atoms with E-state index in [9.17, 15) is 9.59 Å². The number of para-hydroxylation sites is 1. The Labute approximate surface area is 116 Å². The van der Waals surface area contributed by atoms with Crippen LogP contribution in [0.4, 0.5) is 5.69 Å². The van der Waals surface area contributed by atoms with Crippen LogP contribution in [0.5, 0.6) is 0 Å². The summed E-state index contributed by atoms with van der Waals surface area (Å²) in [6.45, 7) is 1.93. The Morgan fingerprint density at radius 1 is 1.53 bits per heavy atom. The number of amides is 1. The van der Waals surface area contributed by atoms with E-state index in [0.717, 1.165) is 10.6 Å². The van der Waals surface area contributed by atoms with Gasteiger partial charge in [-0.05, 0) is 19.1 Å². The maximum absolute atomic E-state index is 12.2. The molecule has 1 atom stereocenters. The highest BCUT2D eigenvalue weighted by atomic mass is 32.2. The van der Waals surface area contributed by atoms with E-state index in [1.54, 1.807) is 6.92 Å². The van der Waals surface area contributed by atoms with Crippen LogP contribution in [-0.4, -0.2) is 36.8 Å². The lowest BCUT2D eigenvalue weighted by Gasteiger charge is -2.23. The summed E-state index contributed by atoms with van der Waals surface area (Å²) < 4.78 is 4.90. The number of anilines is 1. The number of fused-ring (bicyclic) bond motifs is 1. The van der Waals surface area contributed by atoms with Crippen molar-refractivity contribution >= 4 is 29.3 Å². The Morgan fingerprint density at radius 3 is 3.00 bits per heavy atom. The minimum atomic E-state index is -0.605. The Morgan fingerprint density at radius 2 is 2.26 bits per heavy atom. The summed E-state index contributed by atoms with van der Waals surface area (Å²) in [5.41, 5.74) is 6.55. The average Bonchev–Trinajstić information content (AvgIpc) is 2.52. The van der Waals surface area contributed by atoms with Crippen LogP contribution >= 0.6 is 11.8 Å². The SMILES string of the molecule is CCOC(=O)CN1C(=O)[C@@H](N)CSc2ccccc21. The van der Waals surface area contributed by atoms with Gasteiger partial charge in [0.25, 0.3) is 0 Å². The van der Waals surface area contributed by atoms with Crippen LogP contribution in [0.25, 0.3) is 0 Å². The van der Waals surface area contributed by atoms with Gasteiger partial charge in [0.05, 0.1) is 18.3 Å². The summed E-state index contributed by atoms with van der Waals surface area (Å²) in [5, 5.41) is 0. The van der Waals surface area contributed by atoms with Crippen molar-refractivity contribution in [2.75, 3.05) is 23.8 Å². The smallest absolute Gasteiger partial charge is 0.326 e. The first kappa shape index (κ1) is 13.9. The zero-order valence-electron chi connectivity index (χ0n) is 10.7. The van der Waals surface area contributed by atoms with E-state index in [1.165, 1.54) is 16.7 Å². The molecule has 0 fully saturated rings. The summed E-state index contributed by atoms with van der Waals surface area (Å²) in [5.74, 6) is -0.162. The molecule has 2 rings (SSSR count). The summed E-state index contributed by atoms with van der Waals surface area (Å²) >= 11 is 1.53. The minimum absolute atomic E-state index is 0.0993. The van der Waals surface area contributed by atoms with E-state index < -0.39 is 12.0 Å². The summed E-state index contributed by atoms with van der Waals surface area (Å²) in [7, 11) is 0. The van der Waals surface area contributed by atoms with E-state index in [-0.39, 0.29) is 12.5 Å². The number of carbonyl (C=O) groups is 2. The van der Waals surface area contributed by atoms with Gasteiger partial charge >= 0.3 is 5.97 Å². The van der Waals surface area contributed by atoms with Crippen molar-refractivity contribution in [1.29, 1.82) is 0 Å². The number of nitrogens with zero attached hydrogens (tertiary/aromatic N) is 1. The average molecular weight is 280 g/mol. The number of ether oxygens (including phenoxy) is 1. The fraction of sp³-hybridized carbons (Fsp3) is 0.385. The summed E-state index contributed by atoms with van der Waals surface area (Å²) in [6, 6.07) is 6.87. The van der Waals surface area contributed by atoms with Crippen molar-refractivity contribution in [3.63, 3.8) is 0 Å². The van der Waals surface area contributed by atoms with E-state index in [1.807, 2.05) is 24.3 Å². The number of benzene rings is 1. The molecule has 0 bridgehead atoms. The van der Waals surface area contributed by atoms with Crippen LogP contribution in [0.3, 0.4) is 0 Å². The Bertz CT molecular complexity index is 493. The van der Waals surface area contributed by atoms with Gasteiger partial charge in [0, 0.05) is 10.6 Å². The monoisotopic (exact) mass is 280 g/mol. The molecule has 1 aliphatic heterocycles. The summed E-state index contributed by atoms with van der Waals surface area (Å²) in [4.78, 5) is 26.2. The Kier molecular flexibility index (Phi) is 4.44. The molecule has 2 N–H and O–H groups in total. The highest BCUT2D eigenvalue weighted by Gasteiger charge is 2.29. The van der Waals surface area contributed by atoms with Crippen molar-refractivity contribution in [2.24, 2.45) is 5.73 Å². The number of hydrogen-bond donors (Lipinski definition) is 1. The van der Waals surface area contributed by atoms with Crippen molar-refractivity contribution in [3.8, 4) is 0 Å². The first-order valence-electron chi connectivity index (χ1n) is 6.08. The second-order valence-electron chi connectivity index (χ2n) is 4.11. The fourth-order valence-corrected chi connectivity index (χ4v) is 2.87. The third-order valence-corrected chi connectivity index (χ3v) is 3.93. The molecule has 0 saturated heterocycles. The molecule has 0 spiro atoms. The molecule has 1 aliphatic rings. The lowest BCUT2D eigenvalue weighted by molar-refractivity contribution is -0.142. The Balaban J connectivity index is 2.31. The number of esters is 1. The van der Waals surface area contributed by atoms with Crippen molar-refractivity contribution in [1.82, 2.24) is 0 Å². The maximum Gasteiger partial charge on any atom is 0.326 e. The van der Waals surface area contributed by atoms with Crippen LogP contribution < -0.4 is 10.6 Å². The molecule has 0 unspecified atom stereocenters. The van der Waals surface area contributed by atoms with E-state index in [2.05, 4.69) is 0 Å². The Hall–Kier alpha value is -1.53. The zero-order chi connectivity index (χ0) is 13.8. The molecule has 0 aliphatic carbocycles. The standard InChI is InChI=1S/C13H16N2O3S/c1-2-18-12(16)7-15-10-5-3-4-6-11(10)19-8-9(14)13(15)17/h3-6,9H,2,7-8,14H2,1H3/t9-/m0/s1. The molecule has 0 aromatic heterocycles. The molecule has 1 heterocycles. The molecule has 19 heavy (non-hydrogen) atoms. The number of thioether (sulfide) groups is 1. The molecule has 6 heteroatoms. The van der Waals surface area contributed by atoms with Gasteiger partial charge in [-0.15, -0.1) is 11.8 Å². The highest BCUT2D eigenvalue weighted by molar-refractivity contribution is 7.99. The quantitative estimate of drug-likeness (QED) is 0.837. The van der Waals surface area contributed by atoms with Crippen LogP contribution in [0.2, 0.25) is 0 Å². The zero-order valence-corrected chi connectivity index (χ0v) is 11.5. The van der Waals surface area contributed by atoms with Gasteiger partial charge < -0.3 is 10.5 Å². The van der Waals surface area contributed by atoms with E-state index >= 15 is 0 Å². The first-order valence-corrected chi connectivity index (χ1v) is 7.06. The molecule has 1 aromatic rings. The van der Waals surface area contributed by atoms with E-state index in [4.69, 9.17) is 10.5 Å². The van der Waals surface area contributed by atoms with Gasteiger partial charge in [0.15, 0.2) is 0 Å². The number of carbonyl (C=O) groups excluding carboxylic acids is 2. The molecular formula is C13H16N2O3S. The minimum Gasteiger partial charge on any atom is -0.465 e. The maximum atomic E-state index is 12.2. The number of rotatable bonds is 3. The second-order valence-corrected chi connectivity index (χ2v) is 5.18. The number of nitrogens with two attached hydrogens (primary N) is 1. The largest absolute Gasteiger partial charge is 0.465 e. The lowest BCUT2D eigenvalue weighted by atomic mass is 10.2. The van der Waals surface area contributed by atoms with Crippen LogP contribution in [-0.2, 0) is 14.3 Å². The van der Waals surface area contributed by atoms with Crippen LogP contribution in [0.1, 0.15) is 6.92 Å². The predicted octanol–water partition coefficient (Wildman–Crippen LogP) is 1.02. The molecular weight excluding hydrogens is 264 g/mol. The second kappa shape index (κ2) is 6.08. The van der Waals surface area contributed by atoms with Crippen molar-refractivity contribution in [3.05, 3.63) is 24.3 Å². The van der Waals surface area contributed by atoms with Gasteiger partial charge in [-0.1, -0.05) is 12.1 Å². The fourth-order valence-electron chi connectivity index (χ4n) is 1.87. The molecule has 5 nitrogen and oxygen atoms in total. The first-order chi connectivity index (χ1) is 9.13. The van der Waals surface area contributed by atoms with Gasteiger partial charge in [0.2, 0.25) is 5.91 Å². The molecule has 1 amide bonds. The van der Waals surface area contributed by atoms with Gasteiger partial charge in [0.1, 0.15) is 6.54 Å². The van der Waals surface area contributed by atoms with E-state index in [0.29, 0.717) is 12.4 Å². The third kappa shape index (κ3) is 3.08. The number of hydrogen-bond acceptors (Lipinski definition) is 5. The molecule has 0 radical (unpaired) electrons. The van der Waals surface area contributed by atoms with Crippen LogP contribution in [0, 0.1) is 0 Å². The molecule has 102 valence electrons.